The number of nitrogens with one attached hydrogen (secondary N) is 1. The minimum atomic E-state index is 0.0308. The minimum Gasteiger partial charge on any atom is -0.347 e. The maximum atomic E-state index is 12.8. The normalized spacial score (nSPS) is 28.9. The van der Waals surface area contributed by atoms with Crippen LogP contribution in [0.3, 0.4) is 0 Å². The van der Waals surface area contributed by atoms with Gasteiger partial charge in [0.1, 0.15) is 0 Å². The maximum Gasteiger partial charge on any atom is 0.251 e. The number of thiophene rings is 1. The molecule has 1 aromatic carbocycles. The van der Waals surface area contributed by atoms with E-state index in [1.54, 1.807) is 0 Å². The van der Waals surface area contributed by atoms with Crippen LogP contribution in [0.2, 0.25) is 4.34 Å². The molecule has 5 rings (SSSR count). The summed E-state index contributed by atoms with van der Waals surface area (Å²) in [5.74, 6) is 0.627. The van der Waals surface area contributed by atoms with Crippen LogP contribution in [0.1, 0.15) is 37.0 Å². The predicted molar refractivity (Wildman–Crippen MR) is 96.5 cm³/mol. The average Bonchev–Trinajstić information content (AvgIpc) is 2.90. The van der Waals surface area contributed by atoms with Crippen LogP contribution in [0.25, 0.3) is 10.1 Å². The lowest BCUT2D eigenvalue weighted by Crippen LogP contribution is -2.69. The number of hydrogen-bond donors (Lipinski definition) is 1. The molecule has 3 aliphatic rings. The third-order valence-corrected chi connectivity index (χ3v) is 6.85. The van der Waals surface area contributed by atoms with Crippen molar-refractivity contribution in [3.8, 4) is 0 Å². The van der Waals surface area contributed by atoms with Crippen molar-refractivity contribution in [2.45, 2.75) is 38.3 Å². The van der Waals surface area contributed by atoms with E-state index in [1.165, 1.54) is 24.2 Å². The van der Waals surface area contributed by atoms with Crippen LogP contribution in [0.4, 0.5) is 0 Å². The molecule has 0 saturated carbocycles. The molecule has 1 unspecified atom stereocenters. The molecule has 3 saturated heterocycles. The Bertz CT molecular complexity index is 761. The number of halogens is 1. The van der Waals surface area contributed by atoms with Gasteiger partial charge in [0, 0.05) is 21.8 Å². The summed E-state index contributed by atoms with van der Waals surface area (Å²) in [7, 11) is 0. The first-order chi connectivity index (χ1) is 10.9. The molecule has 2 bridgehead atoms. The van der Waals surface area contributed by atoms with E-state index in [1.807, 2.05) is 24.3 Å². The Balaban J connectivity index is 1.58. The third-order valence-electron chi connectivity index (χ3n) is 5.63. The maximum absolute atomic E-state index is 12.8. The molecule has 3 fully saturated rings. The van der Waals surface area contributed by atoms with Gasteiger partial charge in [-0.05, 0) is 69.3 Å². The van der Waals surface area contributed by atoms with Gasteiger partial charge in [0.2, 0.25) is 0 Å². The van der Waals surface area contributed by atoms with Crippen molar-refractivity contribution < 1.29 is 4.79 Å². The van der Waals surface area contributed by atoms with Gasteiger partial charge in [-0.2, -0.15) is 0 Å². The Hall–Kier alpha value is -1.10. The molecular weight excluding hydrogens is 328 g/mol. The Kier molecular flexibility index (Phi) is 3.67. The van der Waals surface area contributed by atoms with Crippen molar-refractivity contribution in [1.29, 1.82) is 0 Å². The van der Waals surface area contributed by atoms with Crippen LogP contribution in [0.15, 0.2) is 24.3 Å². The summed E-state index contributed by atoms with van der Waals surface area (Å²) in [6.07, 6.45) is 2.38. The number of rotatable bonds is 2. The lowest BCUT2D eigenvalue weighted by molar-refractivity contribution is -0.0378. The second kappa shape index (κ2) is 5.47. The number of benzene rings is 1. The quantitative estimate of drug-likeness (QED) is 0.883. The number of carbonyl (C=O) groups excluding carboxylic acids is 1. The molecule has 122 valence electrons. The van der Waals surface area contributed by atoms with Crippen LogP contribution < -0.4 is 5.32 Å². The Morgan fingerprint density at radius 1 is 1.30 bits per heavy atom. The van der Waals surface area contributed by atoms with Gasteiger partial charge in [-0.3, -0.25) is 9.69 Å². The van der Waals surface area contributed by atoms with E-state index < -0.39 is 0 Å². The van der Waals surface area contributed by atoms with Crippen LogP contribution in [-0.2, 0) is 0 Å². The number of hydrogen-bond acceptors (Lipinski definition) is 3. The second-order valence-corrected chi connectivity index (χ2v) is 8.95. The van der Waals surface area contributed by atoms with Gasteiger partial charge >= 0.3 is 0 Å². The first-order valence-electron chi connectivity index (χ1n) is 8.20. The molecule has 5 heteroatoms. The predicted octanol–water partition coefficient (Wildman–Crippen LogP) is 4.16. The van der Waals surface area contributed by atoms with Gasteiger partial charge in [0.25, 0.3) is 5.91 Å². The van der Waals surface area contributed by atoms with E-state index in [4.69, 9.17) is 11.6 Å². The lowest BCUT2D eigenvalue weighted by Gasteiger charge is -2.56. The number of amides is 1. The highest BCUT2D eigenvalue weighted by Crippen LogP contribution is 2.39. The molecule has 1 aromatic heterocycles. The standard InChI is InChI=1S/C18H21ClN2OS/c1-18(2)16(11-5-7-21(18)8-6-11)20-17(22)13-4-3-12-10-15(19)23-14(12)9-13/h3-4,9-11,16H,5-8H2,1-2H3,(H,20,22). The molecule has 4 heterocycles. The fourth-order valence-electron chi connectivity index (χ4n) is 4.24. The smallest absolute Gasteiger partial charge is 0.251 e. The fraction of sp³-hybridized carbons (Fsp3) is 0.500. The molecular formula is C18H21ClN2OS. The van der Waals surface area contributed by atoms with Gasteiger partial charge in [-0.15, -0.1) is 11.3 Å². The molecule has 1 N–H and O–H groups in total. The number of piperidine rings is 3. The molecule has 23 heavy (non-hydrogen) atoms. The molecule has 0 spiro atoms. The highest BCUT2D eigenvalue weighted by Gasteiger charge is 2.48. The summed E-state index contributed by atoms with van der Waals surface area (Å²) >= 11 is 7.58. The highest BCUT2D eigenvalue weighted by molar-refractivity contribution is 7.22. The van der Waals surface area contributed by atoms with Gasteiger partial charge in [-0.1, -0.05) is 17.7 Å². The summed E-state index contributed by atoms with van der Waals surface area (Å²) < 4.78 is 1.83. The van der Waals surface area contributed by atoms with Crippen LogP contribution in [0, 0.1) is 5.92 Å². The Morgan fingerprint density at radius 3 is 2.74 bits per heavy atom. The van der Waals surface area contributed by atoms with E-state index in [9.17, 15) is 4.79 Å². The Labute approximate surface area is 145 Å². The lowest BCUT2D eigenvalue weighted by atomic mass is 9.72. The average molecular weight is 349 g/mol. The third kappa shape index (κ3) is 2.57. The second-order valence-electron chi connectivity index (χ2n) is 7.23. The molecule has 3 nitrogen and oxygen atoms in total. The van der Waals surface area contributed by atoms with Crippen molar-refractivity contribution >= 4 is 38.9 Å². The van der Waals surface area contributed by atoms with E-state index in [2.05, 4.69) is 24.1 Å². The van der Waals surface area contributed by atoms with E-state index >= 15 is 0 Å². The molecule has 0 aliphatic carbocycles. The zero-order chi connectivity index (χ0) is 16.2. The van der Waals surface area contributed by atoms with Gasteiger partial charge in [0.15, 0.2) is 0 Å². The van der Waals surface area contributed by atoms with E-state index in [0.717, 1.165) is 33.1 Å². The van der Waals surface area contributed by atoms with Crippen molar-refractivity contribution in [1.82, 2.24) is 10.2 Å². The first kappa shape index (κ1) is 15.4. The number of nitrogens with zero attached hydrogens (tertiary/aromatic N) is 1. The van der Waals surface area contributed by atoms with Crippen molar-refractivity contribution in [2.75, 3.05) is 13.1 Å². The minimum absolute atomic E-state index is 0.0308. The Morgan fingerprint density at radius 2 is 2.04 bits per heavy atom. The number of fused-ring (bicyclic) bond motifs is 4. The van der Waals surface area contributed by atoms with Gasteiger partial charge in [-0.25, -0.2) is 0 Å². The summed E-state index contributed by atoms with van der Waals surface area (Å²) in [6.45, 7) is 6.82. The highest BCUT2D eigenvalue weighted by atomic mass is 35.5. The molecule has 0 radical (unpaired) electrons. The summed E-state index contributed by atoms with van der Waals surface area (Å²) in [4.78, 5) is 15.3. The van der Waals surface area contributed by atoms with Crippen LogP contribution >= 0.6 is 22.9 Å². The van der Waals surface area contributed by atoms with E-state index in [0.29, 0.717) is 5.92 Å². The summed E-state index contributed by atoms with van der Waals surface area (Å²) in [6, 6.07) is 8.00. The van der Waals surface area contributed by atoms with Crippen LogP contribution in [-0.4, -0.2) is 35.5 Å². The van der Waals surface area contributed by atoms with Gasteiger partial charge < -0.3 is 5.32 Å². The zero-order valence-electron chi connectivity index (χ0n) is 13.4. The monoisotopic (exact) mass is 348 g/mol. The first-order valence-corrected chi connectivity index (χ1v) is 9.39. The molecule has 2 aromatic rings. The molecule has 1 amide bonds. The summed E-state index contributed by atoms with van der Waals surface area (Å²) in [5, 5.41) is 4.42. The topological polar surface area (TPSA) is 32.3 Å². The fourth-order valence-corrected chi connectivity index (χ4v) is 5.44. The zero-order valence-corrected chi connectivity index (χ0v) is 15.0. The van der Waals surface area contributed by atoms with Gasteiger partial charge in [0.05, 0.1) is 4.34 Å². The van der Waals surface area contributed by atoms with Crippen molar-refractivity contribution in [3.63, 3.8) is 0 Å². The van der Waals surface area contributed by atoms with Crippen LogP contribution in [0.5, 0.6) is 0 Å². The van der Waals surface area contributed by atoms with Crippen molar-refractivity contribution in [3.05, 3.63) is 34.2 Å². The van der Waals surface area contributed by atoms with Crippen molar-refractivity contribution in [2.24, 2.45) is 5.92 Å². The molecule has 1 atom stereocenters. The SMILES string of the molecule is CC1(C)C(NC(=O)c2ccc3cc(Cl)sc3c2)C2CCN1CC2. The molecule has 3 aliphatic heterocycles. The van der Waals surface area contributed by atoms with E-state index in [-0.39, 0.29) is 17.5 Å². The summed E-state index contributed by atoms with van der Waals surface area (Å²) in [5.41, 5.74) is 0.760. The largest absolute Gasteiger partial charge is 0.347 e. The number of carbonyl (C=O) groups is 1.